The van der Waals surface area contributed by atoms with Gasteiger partial charge in [0.15, 0.2) is 10.8 Å². The van der Waals surface area contributed by atoms with Gasteiger partial charge in [-0.3, -0.25) is 5.32 Å². The summed E-state index contributed by atoms with van der Waals surface area (Å²) in [5.74, 6) is 1.46. The molecular formula is C18H19N5O3S. The van der Waals surface area contributed by atoms with Gasteiger partial charge in [-0.15, -0.1) is 11.3 Å². The molecule has 0 aliphatic carbocycles. The van der Waals surface area contributed by atoms with Crippen molar-refractivity contribution in [3.8, 4) is 27.8 Å². The first kappa shape index (κ1) is 17.5. The predicted molar refractivity (Wildman–Crippen MR) is 102 cm³/mol. The van der Waals surface area contributed by atoms with E-state index in [1.54, 1.807) is 23.7 Å². The average Bonchev–Trinajstić information content (AvgIpc) is 3.26. The summed E-state index contributed by atoms with van der Waals surface area (Å²) < 4.78 is 12.4. The van der Waals surface area contributed by atoms with Crippen molar-refractivity contribution < 1.29 is 14.3 Å². The number of nitrogens with one attached hydrogen (secondary N) is 1. The molecule has 8 nitrogen and oxygen atoms in total. The number of hydrogen-bond donors (Lipinski definition) is 1. The second-order valence-electron chi connectivity index (χ2n) is 6.34. The van der Waals surface area contributed by atoms with Crippen LogP contribution in [0.15, 0.2) is 24.5 Å². The summed E-state index contributed by atoms with van der Waals surface area (Å²) in [5, 5.41) is 7.80. The van der Waals surface area contributed by atoms with Crippen LogP contribution in [-0.2, 0) is 11.2 Å². The maximum absolute atomic E-state index is 11.4. The minimum Gasteiger partial charge on any atom is -0.492 e. The predicted octanol–water partition coefficient (Wildman–Crippen LogP) is 3.76. The topological polar surface area (TPSA) is 91.2 Å². The van der Waals surface area contributed by atoms with Crippen molar-refractivity contribution in [3.05, 3.63) is 29.4 Å². The number of benzene rings is 1. The lowest BCUT2D eigenvalue weighted by Crippen LogP contribution is -2.11. The number of aromatic nitrogens is 4. The van der Waals surface area contributed by atoms with Crippen LogP contribution in [0.25, 0.3) is 22.1 Å². The number of ether oxygens (including phenoxy) is 2. The molecule has 9 heteroatoms. The zero-order chi connectivity index (χ0) is 19.0. The highest BCUT2D eigenvalue weighted by atomic mass is 32.1. The standard InChI is InChI=1S/C18H19N5O3S/c1-10(2)23-16(19-9-20-23)17-22-15-12-5-4-11(21-18(24)25-3)8-13(12)26-7-6-14(15)27-17/h4-5,8-10H,6-7H2,1-3H3,(H,21,24). The van der Waals surface area contributed by atoms with Gasteiger partial charge in [-0.25, -0.2) is 19.4 Å². The fourth-order valence-corrected chi connectivity index (χ4v) is 3.99. The first-order valence-corrected chi connectivity index (χ1v) is 9.40. The molecule has 0 atom stereocenters. The molecule has 1 amide bonds. The van der Waals surface area contributed by atoms with Crippen LogP contribution in [-0.4, -0.2) is 39.6 Å². The minimum atomic E-state index is -0.520. The van der Waals surface area contributed by atoms with Gasteiger partial charge in [-0.05, 0) is 26.0 Å². The van der Waals surface area contributed by atoms with E-state index in [-0.39, 0.29) is 6.04 Å². The van der Waals surface area contributed by atoms with E-state index in [2.05, 4.69) is 34.0 Å². The summed E-state index contributed by atoms with van der Waals surface area (Å²) in [6, 6.07) is 5.70. The molecule has 2 aromatic heterocycles. The Kier molecular flexibility index (Phi) is 4.53. The normalized spacial score (nSPS) is 12.7. The van der Waals surface area contributed by atoms with Crippen molar-refractivity contribution >= 4 is 23.1 Å². The second-order valence-corrected chi connectivity index (χ2v) is 7.42. The van der Waals surface area contributed by atoms with Crippen LogP contribution in [0, 0.1) is 0 Å². The molecule has 0 saturated heterocycles. The smallest absolute Gasteiger partial charge is 0.411 e. The molecule has 0 bridgehead atoms. The van der Waals surface area contributed by atoms with Gasteiger partial charge in [0.2, 0.25) is 0 Å². The maximum atomic E-state index is 11.4. The van der Waals surface area contributed by atoms with Gasteiger partial charge in [0.05, 0.1) is 19.4 Å². The molecule has 1 N–H and O–H groups in total. The van der Waals surface area contributed by atoms with Gasteiger partial charge in [-0.2, -0.15) is 5.10 Å². The molecule has 1 aromatic carbocycles. The first-order chi connectivity index (χ1) is 13.1. The Morgan fingerprint density at radius 2 is 2.26 bits per heavy atom. The van der Waals surface area contributed by atoms with Crippen LogP contribution in [0.4, 0.5) is 10.5 Å². The molecule has 27 heavy (non-hydrogen) atoms. The number of carbonyl (C=O) groups excluding carboxylic acids is 1. The Bertz CT molecular complexity index is 995. The monoisotopic (exact) mass is 385 g/mol. The van der Waals surface area contributed by atoms with Crippen molar-refractivity contribution in [1.82, 2.24) is 19.7 Å². The van der Waals surface area contributed by atoms with Gasteiger partial charge in [0.1, 0.15) is 12.1 Å². The highest BCUT2D eigenvalue weighted by Gasteiger charge is 2.23. The third-order valence-corrected chi connectivity index (χ3v) is 5.32. The number of thiazole rings is 1. The number of rotatable bonds is 3. The lowest BCUT2D eigenvalue weighted by Gasteiger charge is -2.10. The number of methoxy groups -OCH3 is 1. The highest BCUT2D eigenvalue weighted by Crippen LogP contribution is 2.41. The van der Waals surface area contributed by atoms with E-state index in [1.165, 1.54) is 7.11 Å². The molecule has 0 radical (unpaired) electrons. The molecule has 0 fully saturated rings. The maximum Gasteiger partial charge on any atom is 0.411 e. The molecule has 1 aliphatic heterocycles. The summed E-state index contributed by atoms with van der Waals surface area (Å²) in [6.45, 7) is 4.67. The van der Waals surface area contributed by atoms with E-state index in [0.29, 0.717) is 18.0 Å². The summed E-state index contributed by atoms with van der Waals surface area (Å²) in [4.78, 5) is 21.8. The van der Waals surface area contributed by atoms with E-state index in [1.807, 2.05) is 16.8 Å². The first-order valence-electron chi connectivity index (χ1n) is 8.58. The fourth-order valence-electron chi connectivity index (χ4n) is 2.95. The number of carbonyl (C=O) groups is 1. The zero-order valence-corrected chi connectivity index (χ0v) is 16.0. The van der Waals surface area contributed by atoms with Crippen LogP contribution in [0.2, 0.25) is 0 Å². The molecule has 3 aromatic rings. The van der Waals surface area contributed by atoms with Crippen molar-refractivity contribution in [2.75, 3.05) is 19.0 Å². The van der Waals surface area contributed by atoms with Crippen LogP contribution >= 0.6 is 11.3 Å². The molecule has 0 unspecified atom stereocenters. The summed E-state index contributed by atoms with van der Waals surface area (Å²) in [7, 11) is 1.33. The summed E-state index contributed by atoms with van der Waals surface area (Å²) in [6.07, 6.45) is 1.80. The zero-order valence-electron chi connectivity index (χ0n) is 15.2. The van der Waals surface area contributed by atoms with Crippen molar-refractivity contribution in [3.63, 3.8) is 0 Å². The molecule has 1 aliphatic rings. The molecule has 0 saturated carbocycles. The van der Waals surface area contributed by atoms with E-state index in [9.17, 15) is 4.79 Å². The van der Waals surface area contributed by atoms with Crippen LogP contribution < -0.4 is 10.1 Å². The third kappa shape index (κ3) is 3.25. The van der Waals surface area contributed by atoms with Crippen molar-refractivity contribution in [1.29, 1.82) is 0 Å². The Morgan fingerprint density at radius 1 is 1.41 bits per heavy atom. The third-order valence-electron chi connectivity index (χ3n) is 4.21. The largest absolute Gasteiger partial charge is 0.492 e. The van der Waals surface area contributed by atoms with Crippen LogP contribution in [0.5, 0.6) is 5.75 Å². The van der Waals surface area contributed by atoms with E-state index in [0.717, 1.165) is 33.4 Å². The highest BCUT2D eigenvalue weighted by molar-refractivity contribution is 7.15. The lowest BCUT2D eigenvalue weighted by atomic mass is 10.1. The molecule has 140 valence electrons. The van der Waals surface area contributed by atoms with Crippen LogP contribution in [0.3, 0.4) is 0 Å². The Hall–Kier alpha value is -2.94. The Balaban J connectivity index is 1.74. The van der Waals surface area contributed by atoms with E-state index >= 15 is 0 Å². The number of nitrogens with zero attached hydrogens (tertiary/aromatic N) is 4. The lowest BCUT2D eigenvalue weighted by molar-refractivity contribution is 0.187. The van der Waals surface area contributed by atoms with Gasteiger partial charge in [0.25, 0.3) is 0 Å². The van der Waals surface area contributed by atoms with E-state index in [4.69, 9.17) is 9.72 Å². The van der Waals surface area contributed by atoms with Crippen molar-refractivity contribution in [2.45, 2.75) is 26.3 Å². The van der Waals surface area contributed by atoms with Crippen LogP contribution in [0.1, 0.15) is 24.8 Å². The second kappa shape index (κ2) is 6.99. The molecule has 4 rings (SSSR count). The van der Waals surface area contributed by atoms with Crippen molar-refractivity contribution in [2.24, 2.45) is 0 Å². The van der Waals surface area contributed by atoms with E-state index < -0.39 is 6.09 Å². The number of fused-ring (bicyclic) bond motifs is 3. The van der Waals surface area contributed by atoms with Gasteiger partial charge >= 0.3 is 6.09 Å². The Morgan fingerprint density at radius 3 is 3.04 bits per heavy atom. The Labute approximate surface area is 160 Å². The molecular weight excluding hydrogens is 366 g/mol. The minimum absolute atomic E-state index is 0.203. The van der Waals surface area contributed by atoms with Gasteiger partial charge in [-0.1, -0.05) is 0 Å². The SMILES string of the molecule is COC(=O)Nc1ccc2c(c1)OCCc1sc(-c3ncnn3C(C)C)nc1-2. The van der Waals surface area contributed by atoms with Gasteiger partial charge < -0.3 is 9.47 Å². The molecule has 0 spiro atoms. The number of anilines is 1. The van der Waals surface area contributed by atoms with Gasteiger partial charge in [0, 0.05) is 34.7 Å². The molecule has 3 heterocycles. The number of hydrogen-bond acceptors (Lipinski definition) is 7. The summed E-state index contributed by atoms with van der Waals surface area (Å²) in [5.41, 5.74) is 2.40. The fraction of sp³-hybridized carbons (Fsp3) is 0.333. The number of amides is 1. The quantitative estimate of drug-likeness (QED) is 0.738. The average molecular weight is 385 g/mol. The summed E-state index contributed by atoms with van der Waals surface area (Å²) >= 11 is 1.62.